The Hall–Kier alpha value is -2.15. The average Bonchev–Trinajstić information content (AvgIpc) is 2.98. The van der Waals surface area contributed by atoms with Gasteiger partial charge in [0.15, 0.2) is 5.69 Å². The van der Waals surface area contributed by atoms with Gasteiger partial charge in [0, 0.05) is 11.6 Å². The Morgan fingerprint density at radius 1 is 1.14 bits per heavy atom. The largest absolute Gasteiger partial charge is 0.461 e. The fraction of sp³-hybridized carbons (Fsp3) is 0.476. The molecule has 1 amide bonds. The van der Waals surface area contributed by atoms with Crippen LogP contribution in [-0.4, -0.2) is 34.3 Å². The summed E-state index contributed by atoms with van der Waals surface area (Å²) in [4.78, 5) is 24.6. The third kappa shape index (κ3) is 5.22. The number of hydrogen-bond acceptors (Lipinski definition) is 4. The highest BCUT2D eigenvalue weighted by Gasteiger charge is 2.21. The molecule has 2 aromatic rings. The summed E-state index contributed by atoms with van der Waals surface area (Å²) in [5, 5.41) is 7.48. The van der Waals surface area contributed by atoms with Crippen LogP contribution in [0.1, 0.15) is 73.0 Å². The topological polar surface area (TPSA) is 73.2 Å². The number of carbonyl (C=O) groups excluding carboxylic acids is 2. The van der Waals surface area contributed by atoms with Crippen LogP contribution in [0.4, 0.5) is 0 Å². The zero-order chi connectivity index (χ0) is 20.7. The molecule has 0 unspecified atom stereocenters. The van der Waals surface area contributed by atoms with Crippen molar-refractivity contribution in [1.29, 1.82) is 0 Å². The Kier molecular flexibility index (Phi) is 8.23. The number of ether oxygens (including phenoxy) is 1. The molecule has 152 valence electrons. The Bertz CT molecular complexity index is 809. The summed E-state index contributed by atoms with van der Waals surface area (Å²) in [7, 11) is 0. The summed E-state index contributed by atoms with van der Waals surface area (Å²) in [5.74, 6) is -0.533. The lowest BCUT2D eigenvalue weighted by molar-refractivity contribution is 0.0517. The highest BCUT2D eigenvalue weighted by Crippen LogP contribution is 2.24. The maximum absolute atomic E-state index is 12.5. The van der Waals surface area contributed by atoms with E-state index >= 15 is 0 Å². The number of amides is 1. The molecule has 1 aromatic carbocycles. The van der Waals surface area contributed by atoms with Gasteiger partial charge in [0.2, 0.25) is 0 Å². The molecule has 0 bridgehead atoms. The molecule has 0 fully saturated rings. The molecule has 0 saturated carbocycles. The average molecular weight is 450 g/mol. The van der Waals surface area contributed by atoms with Gasteiger partial charge >= 0.3 is 5.97 Å². The number of nitrogens with zero attached hydrogens (tertiary/aromatic N) is 2. The number of nitrogens with one attached hydrogen (secondary N) is 1. The summed E-state index contributed by atoms with van der Waals surface area (Å²) in [6, 6.07) is 7.41. The minimum atomic E-state index is -0.467. The van der Waals surface area contributed by atoms with Gasteiger partial charge in [-0.2, -0.15) is 5.10 Å². The van der Waals surface area contributed by atoms with Crippen LogP contribution in [0.15, 0.2) is 28.7 Å². The van der Waals surface area contributed by atoms with Crippen molar-refractivity contribution in [3.05, 3.63) is 45.7 Å². The summed E-state index contributed by atoms with van der Waals surface area (Å²) < 4.78 is 7.31. The molecule has 7 heteroatoms. The number of rotatable bonds is 9. The van der Waals surface area contributed by atoms with Crippen LogP contribution >= 0.6 is 15.9 Å². The van der Waals surface area contributed by atoms with E-state index < -0.39 is 5.97 Å². The predicted molar refractivity (Wildman–Crippen MR) is 113 cm³/mol. The first-order valence-electron chi connectivity index (χ1n) is 9.76. The third-order valence-electron chi connectivity index (χ3n) is 4.50. The number of esters is 1. The van der Waals surface area contributed by atoms with Crippen molar-refractivity contribution in [3.8, 4) is 5.69 Å². The lowest BCUT2D eigenvalue weighted by atomic mass is 10.1. The fourth-order valence-corrected chi connectivity index (χ4v) is 3.48. The Morgan fingerprint density at radius 3 is 2.29 bits per heavy atom. The summed E-state index contributed by atoms with van der Waals surface area (Å²) in [5.41, 5.74) is 2.40. The van der Waals surface area contributed by atoms with Gasteiger partial charge in [-0.3, -0.25) is 4.79 Å². The second-order valence-electron chi connectivity index (χ2n) is 6.67. The van der Waals surface area contributed by atoms with E-state index in [2.05, 4.69) is 40.2 Å². The zero-order valence-corrected chi connectivity index (χ0v) is 18.5. The van der Waals surface area contributed by atoms with Gasteiger partial charge in [-0.15, -0.1) is 0 Å². The van der Waals surface area contributed by atoms with E-state index in [0.29, 0.717) is 10.0 Å². The van der Waals surface area contributed by atoms with Crippen molar-refractivity contribution in [2.75, 3.05) is 6.61 Å². The molecule has 2 rings (SSSR count). The van der Waals surface area contributed by atoms with Gasteiger partial charge in [0.25, 0.3) is 5.91 Å². The van der Waals surface area contributed by atoms with Crippen LogP contribution in [0.5, 0.6) is 0 Å². The predicted octanol–water partition coefficient (Wildman–Crippen LogP) is 4.82. The van der Waals surface area contributed by atoms with Gasteiger partial charge in [0.05, 0.1) is 22.5 Å². The Labute approximate surface area is 174 Å². The fourth-order valence-electron chi connectivity index (χ4n) is 3.07. The minimum absolute atomic E-state index is 0.0657. The molecule has 0 radical (unpaired) electrons. The monoisotopic (exact) mass is 449 g/mol. The highest BCUT2D eigenvalue weighted by atomic mass is 79.9. The molecule has 0 aliphatic rings. The van der Waals surface area contributed by atoms with Crippen LogP contribution in [0.25, 0.3) is 5.69 Å². The molecular formula is C21H28BrN3O3. The molecule has 0 aliphatic carbocycles. The lowest BCUT2D eigenvalue weighted by Gasteiger charge is -2.17. The van der Waals surface area contributed by atoms with E-state index in [1.165, 1.54) is 0 Å². The lowest BCUT2D eigenvalue weighted by Crippen LogP contribution is -2.34. The smallest absolute Gasteiger partial charge is 0.360 e. The van der Waals surface area contributed by atoms with Crippen LogP contribution in [-0.2, 0) is 4.74 Å². The summed E-state index contributed by atoms with van der Waals surface area (Å²) >= 11 is 3.41. The maximum atomic E-state index is 12.5. The third-order valence-corrected chi connectivity index (χ3v) is 5.44. The quantitative estimate of drug-likeness (QED) is 0.556. The van der Waals surface area contributed by atoms with E-state index in [9.17, 15) is 9.59 Å². The number of halogens is 1. The maximum Gasteiger partial charge on any atom is 0.360 e. The molecule has 0 saturated heterocycles. The summed E-state index contributed by atoms with van der Waals surface area (Å²) in [6.45, 7) is 8.15. The Balaban J connectivity index is 2.19. The van der Waals surface area contributed by atoms with Gasteiger partial charge in [-0.05, 0) is 66.9 Å². The van der Waals surface area contributed by atoms with E-state index in [1.807, 2.05) is 19.1 Å². The Morgan fingerprint density at radius 2 is 1.75 bits per heavy atom. The second kappa shape index (κ2) is 10.4. The minimum Gasteiger partial charge on any atom is -0.461 e. The highest BCUT2D eigenvalue weighted by molar-refractivity contribution is 9.10. The SMILES string of the molecule is CCCC(CCC)NC(=O)c1ccc(-n2nc(C(=O)OCC)c(Br)c2C)cc1. The van der Waals surface area contributed by atoms with Crippen molar-refractivity contribution < 1.29 is 14.3 Å². The van der Waals surface area contributed by atoms with Gasteiger partial charge in [0.1, 0.15) is 0 Å². The van der Waals surface area contributed by atoms with E-state index in [1.54, 1.807) is 23.7 Å². The van der Waals surface area contributed by atoms with Crippen molar-refractivity contribution in [2.24, 2.45) is 0 Å². The second-order valence-corrected chi connectivity index (χ2v) is 7.47. The van der Waals surface area contributed by atoms with Crippen molar-refractivity contribution in [2.45, 2.75) is 59.4 Å². The van der Waals surface area contributed by atoms with Crippen molar-refractivity contribution >= 4 is 27.8 Å². The first kappa shape index (κ1) is 22.1. The molecule has 0 aliphatic heterocycles. The first-order valence-corrected chi connectivity index (χ1v) is 10.6. The molecule has 1 aromatic heterocycles. The van der Waals surface area contributed by atoms with Crippen molar-refractivity contribution in [1.82, 2.24) is 15.1 Å². The van der Waals surface area contributed by atoms with Gasteiger partial charge in [-0.25, -0.2) is 9.48 Å². The number of carbonyl (C=O) groups is 2. The molecule has 1 heterocycles. The van der Waals surface area contributed by atoms with Gasteiger partial charge in [-0.1, -0.05) is 26.7 Å². The van der Waals surface area contributed by atoms with Gasteiger partial charge < -0.3 is 10.1 Å². The van der Waals surface area contributed by atoms with E-state index in [-0.39, 0.29) is 24.2 Å². The van der Waals surface area contributed by atoms with Crippen LogP contribution < -0.4 is 5.32 Å². The molecule has 28 heavy (non-hydrogen) atoms. The molecular weight excluding hydrogens is 422 g/mol. The summed E-state index contributed by atoms with van der Waals surface area (Å²) in [6.07, 6.45) is 4.05. The standard InChI is InChI=1S/C21H28BrN3O3/c1-5-8-16(9-6-2)23-20(26)15-10-12-17(13-11-15)25-14(4)18(22)19(24-25)21(27)28-7-3/h10-13,16H,5-9H2,1-4H3,(H,23,26). The normalized spacial score (nSPS) is 10.9. The van der Waals surface area contributed by atoms with Crippen LogP contribution in [0.2, 0.25) is 0 Å². The van der Waals surface area contributed by atoms with E-state index in [4.69, 9.17) is 4.74 Å². The molecule has 0 spiro atoms. The molecule has 6 nitrogen and oxygen atoms in total. The van der Waals surface area contributed by atoms with E-state index in [0.717, 1.165) is 37.1 Å². The van der Waals surface area contributed by atoms with Crippen LogP contribution in [0, 0.1) is 6.92 Å². The number of hydrogen-bond donors (Lipinski definition) is 1. The molecule has 0 atom stereocenters. The number of aromatic nitrogens is 2. The van der Waals surface area contributed by atoms with Crippen molar-refractivity contribution in [3.63, 3.8) is 0 Å². The van der Waals surface area contributed by atoms with Crippen LogP contribution in [0.3, 0.4) is 0 Å². The first-order chi connectivity index (χ1) is 13.4. The zero-order valence-electron chi connectivity index (χ0n) is 16.9. The molecule has 1 N–H and O–H groups in total. The number of benzene rings is 1.